The van der Waals surface area contributed by atoms with Gasteiger partial charge in [-0.25, -0.2) is 9.97 Å². The van der Waals surface area contributed by atoms with Crippen molar-refractivity contribution >= 4 is 40.8 Å². The highest BCUT2D eigenvalue weighted by atomic mass is 32.2. The molecule has 0 unspecified atom stereocenters. The summed E-state index contributed by atoms with van der Waals surface area (Å²) in [5, 5.41) is 23.8. The average Bonchev–Trinajstić information content (AvgIpc) is 3.40. The van der Waals surface area contributed by atoms with E-state index in [2.05, 4.69) is 25.8 Å². The molecule has 33 heavy (non-hydrogen) atoms. The number of nitrogens with zero attached hydrogens (tertiary/aromatic N) is 4. The normalized spacial score (nSPS) is 13.4. The summed E-state index contributed by atoms with van der Waals surface area (Å²) in [7, 11) is 1.48. The Balaban J connectivity index is 1.38. The Bertz CT molecular complexity index is 1280. The fourth-order valence-corrected chi connectivity index (χ4v) is 4.22. The molecule has 1 fully saturated rings. The molecule has 0 bridgehead atoms. The molecule has 1 saturated carbocycles. The van der Waals surface area contributed by atoms with Gasteiger partial charge in [-0.2, -0.15) is 5.10 Å². The molecule has 4 aromatic rings. The summed E-state index contributed by atoms with van der Waals surface area (Å²) in [5.74, 6) is 1.60. The largest absolute Gasteiger partial charge is 0.390 e. The summed E-state index contributed by atoms with van der Waals surface area (Å²) in [6.45, 7) is -0.150. The van der Waals surface area contributed by atoms with E-state index >= 15 is 0 Å². The number of methoxy groups -OCH3 is 1. The monoisotopic (exact) mass is 465 g/mol. The Morgan fingerprint density at radius 1 is 1.27 bits per heavy atom. The first-order chi connectivity index (χ1) is 16.1. The number of rotatable bonds is 9. The van der Waals surface area contributed by atoms with Crippen LogP contribution in [0.2, 0.25) is 0 Å². The van der Waals surface area contributed by atoms with Crippen molar-refractivity contribution < 1.29 is 14.6 Å². The van der Waals surface area contributed by atoms with Crippen molar-refractivity contribution in [2.75, 3.05) is 24.4 Å². The standard InChI is InChI=1S/C22H23N7O3S/c1-32-12-20(31)24-14-4-6-16(7-5-14)33-21-9-19-23-15(11-30)10-29(19)22(26-21)25-18-8-17(27-28-18)13-2-3-13/h4-10,13,30H,2-3,11-12H2,1H3,(H,24,31)(H2,25,26,27,28). The molecule has 0 saturated heterocycles. The predicted molar refractivity (Wildman–Crippen MR) is 124 cm³/mol. The highest BCUT2D eigenvalue weighted by Crippen LogP contribution is 2.39. The number of ether oxygens (including phenoxy) is 1. The minimum atomic E-state index is -0.206. The Labute approximate surface area is 193 Å². The number of amides is 1. The Kier molecular flexibility index (Phi) is 5.99. The maximum absolute atomic E-state index is 11.7. The number of fused-ring (bicyclic) bond motifs is 1. The summed E-state index contributed by atoms with van der Waals surface area (Å²) in [6.07, 6.45) is 4.13. The van der Waals surface area contributed by atoms with Gasteiger partial charge in [0, 0.05) is 47.6 Å². The van der Waals surface area contributed by atoms with Crippen LogP contribution in [0.25, 0.3) is 5.65 Å². The number of hydrogen-bond donors (Lipinski definition) is 4. The van der Waals surface area contributed by atoms with E-state index in [1.54, 1.807) is 10.6 Å². The third-order valence-corrected chi connectivity index (χ3v) is 6.06. The van der Waals surface area contributed by atoms with Crippen LogP contribution in [-0.2, 0) is 16.1 Å². The number of aliphatic hydroxyl groups is 1. The van der Waals surface area contributed by atoms with Crippen LogP contribution in [0, 0.1) is 0 Å². The molecule has 0 spiro atoms. The maximum atomic E-state index is 11.7. The Morgan fingerprint density at radius 3 is 2.82 bits per heavy atom. The van der Waals surface area contributed by atoms with E-state index in [4.69, 9.17) is 9.72 Å². The number of aromatic amines is 1. The van der Waals surface area contributed by atoms with Crippen LogP contribution in [0.15, 0.2) is 52.5 Å². The number of benzene rings is 1. The highest BCUT2D eigenvalue weighted by Gasteiger charge is 2.25. The number of nitrogens with one attached hydrogen (secondary N) is 3. The first-order valence-electron chi connectivity index (χ1n) is 10.5. The topological polar surface area (TPSA) is 129 Å². The highest BCUT2D eigenvalue weighted by molar-refractivity contribution is 7.99. The van der Waals surface area contributed by atoms with Crippen LogP contribution < -0.4 is 10.6 Å². The van der Waals surface area contributed by atoms with Gasteiger partial charge in [-0.15, -0.1) is 0 Å². The second-order valence-electron chi connectivity index (χ2n) is 7.75. The van der Waals surface area contributed by atoms with Gasteiger partial charge in [0.15, 0.2) is 5.82 Å². The smallest absolute Gasteiger partial charge is 0.250 e. The van der Waals surface area contributed by atoms with Crippen LogP contribution in [0.4, 0.5) is 17.5 Å². The van der Waals surface area contributed by atoms with E-state index in [1.165, 1.54) is 31.7 Å². The van der Waals surface area contributed by atoms with Crippen molar-refractivity contribution in [3.8, 4) is 0 Å². The fraction of sp³-hybridized carbons (Fsp3) is 0.273. The number of aromatic nitrogens is 5. The minimum Gasteiger partial charge on any atom is -0.390 e. The number of aliphatic hydroxyl groups excluding tert-OH is 1. The van der Waals surface area contributed by atoms with E-state index in [1.807, 2.05) is 36.4 Å². The van der Waals surface area contributed by atoms with Gasteiger partial charge in [-0.05, 0) is 37.1 Å². The van der Waals surface area contributed by atoms with Crippen molar-refractivity contribution in [3.63, 3.8) is 0 Å². The molecule has 3 heterocycles. The zero-order chi connectivity index (χ0) is 22.8. The summed E-state index contributed by atoms with van der Waals surface area (Å²) < 4.78 is 6.63. The fourth-order valence-electron chi connectivity index (χ4n) is 3.41. The Morgan fingerprint density at radius 2 is 2.09 bits per heavy atom. The maximum Gasteiger partial charge on any atom is 0.250 e. The SMILES string of the molecule is COCC(=O)Nc1ccc(Sc2cc3nc(CO)cn3c(Nc3cc(C4CC4)[nH]n3)n2)cc1. The van der Waals surface area contributed by atoms with Crippen molar-refractivity contribution in [1.29, 1.82) is 0 Å². The first kappa shape index (κ1) is 21.4. The molecular formula is C22H23N7O3S. The lowest BCUT2D eigenvalue weighted by Crippen LogP contribution is -2.16. The van der Waals surface area contributed by atoms with Crippen LogP contribution in [0.5, 0.6) is 0 Å². The van der Waals surface area contributed by atoms with Crippen LogP contribution in [0.1, 0.15) is 30.1 Å². The van der Waals surface area contributed by atoms with Gasteiger partial charge in [0.1, 0.15) is 17.3 Å². The summed E-state index contributed by atoms with van der Waals surface area (Å²) in [4.78, 5) is 21.9. The van der Waals surface area contributed by atoms with Gasteiger partial charge in [-0.1, -0.05) is 11.8 Å². The molecule has 1 amide bonds. The number of carbonyl (C=O) groups excluding carboxylic acids is 1. The number of anilines is 3. The first-order valence-corrected chi connectivity index (χ1v) is 11.3. The average molecular weight is 466 g/mol. The van der Waals surface area contributed by atoms with Gasteiger partial charge in [0.2, 0.25) is 11.9 Å². The molecule has 1 aromatic carbocycles. The van der Waals surface area contributed by atoms with Crippen LogP contribution in [-0.4, -0.2) is 49.3 Å². The molecule has 1 aliphatic carbocycles. The summed E-state index contributed by atoms with van der Waals surface area (Å²) in [5.41, 5.74) is 3.04. The molecule has 4 N–H and O–H groups in total. The third kappa shape index (κ3) is 5.00. The van der Waals surface area contributed by atoms with Gasteiger partial charge in [0.05, 0.1) is 12.3 Å². The lowest BCUT2D eigenvalue weighted by molar-refractivity contribution is -0.119. The number of H-pyrrole nitrogens is 1. The van der Waals surface area contributed by atoms with E-state index in [9.17, 15) is 9.90 Å². The molecule has 3 aromatic heterocycles. The lowest BCUT2D eigenvalue weighted by atomic mass is 10.3. The van der Waals surface area contributed by atoms with Crippen molar-refractivity contribution in [2.45, 2.75) is 35.3 Å². The van der Waals surface area contributed by atoms with Gasteiger partial charge < -0.3 is 20.5 Å². The molecule has 1 aliphatic rings. The van der Waals surface area contributed by atoms with E-state index in [0.717, 1.165) is 15.6 Å². The van der Waals surface area contributed by atoms with E-state index in [-0.39, 0.29) is 19.1 Å². The van der Waals surface area contributed by atoms with Crippen molar-refractivity contribution in [3.05, 3.63) is 54.0 Å². The van der Waals surface area contributed by atoms with Crippen LogP contribution in [0.3, 0.4) is 0 Å². The lowest BCUT2D eigenvalue weighted by Gasteiger charge is -2.09. The molecule has 5 rings (SSSR count). The molecule has 0 aliphatic heterocycles. The molecule has 0 radical (unpaired) electrons. The van der Waals surface area contributed by atoms with Gasteiger partial charge in [0.25, 0.3) is 0 Å². The number of hydrogen-bond acceptors (Lipinski definition) is 8. The number of imidazole rings is 1. The quantitative estimate of drug-likeness (QED) is 0.277. The molecule has 170 valence electrons. The zero-order valence-electron chi connectivity index (χ0n) is 17.9. The van der Waals surface area contributed by atoms with Crippen LogP contribution >= 0.6 is 11.8 Å². The summed E-state index contributed by atoms with van der Waals surface area (Å²) >= 11 is 1.47. The minimum absolute atomic E-state index is 0.00844. The van der Waals surface area contributed by atoms with E-state index < -0.39 is 0 Å². The zero-order valence-corrected chi connectivity index (χ0v) is 18.7. The van der Waals surface area contributed by atoms with Gasteiger partial charge >= 0.3 is 0 Å². The molecule has 0 atom stereocenters. The molecule has 11 heteroatoms. The van der Waals surface area contributed by atoms with Gasteiger partial charge in [-0.3, -0.25) is 14.3 Å². The molecule has 10 nitrogen and oxygen atoms in total. The molecular weight excluding hydrogens is 442 g/mol. The predicted octanol–water partition coefficient (Wildman–Crippen LogP) is 3.30. The Hall–Kier alpha value is -3.41. The van der Waals surface area contributed by atoms with E-state index in [0.29, 0.717) is 34.7 Å². The second-order valence-corrected chi connectivity index (χ2v) is 8.85. The van der Waals surface area contributed by atoms with Crippen molar-refractivity contribution in [2.24, 2.45) is 0 Å². The third-order valence-electron chi connectivity index (χ3n) is 5.13. The number of carbonyl (C=O) groups is 1. The van der Waals surface area contributed by atoms with Crippen molar-refractivity contribution in [1.82, 2.24) is 24.6 Å². The summed E-state index contributed by atoms with van der Waals surface area (Å²) in [6, 6.07) is 11.3. The second kappa shape index (κ2) is 9.22.